The molecule has 0 amide bonds. The van der Waals surface area contributed by atoms with Gasteiger partial charge in [-0.2, -0.15) is 0 Å². The smallest absolute Gasteiger partial charge is 0.207 e. The van der Waals surface area contributed by atoms with Crippen LogP contribution in [0.4, 0.5) is 11.6 Å². The zero-order chi connectivity index (χ0) is 11.5. The summed E-state index contributed by atoms with van der Waals surface area (Å²) in [7, 11) is 3.58. The Morgan fingerprint density at radius 3 is 2.88 bits per heavy atom. The van der Waals surface area contributed by atoms with Crippen molar-refractivity contribution in [3.8, 4) is 5.75 Å². The van der Waals surface area contributed by atoms with Gasteiger partial charge in [0, 0.05) is 31.2 Å². The fourth-order valence-corrected chi connectivity index (χ4v) is 1.76. The molecule has 0 atom stereocenters. The first kappa shape index (κ1) is 11.0. The Morgan fingerprint density at radius 2 is 2.25 bits per heavy atom. The van der Waals surface area contributed by atoms with Gasteiger partial charge in [-0.3, -0.25) is 0 Å². The number of benzene rings is 1. The summed E-state index contributed by atoms with van der Waals surface area (Å²) in [6.07, 6.45) is 3.64. The molecule has 0 spiro atoms. The van der Waals surface area contributed by atoms with Crippen LogP contribution in [0.1, 0.15) is 0 Å². The number of imidazole rings is 1. The molecule has 0 bridgehead atoms. The van der Waals surface area contributed by atoms with E-state index in [0.29, 0.717) is 0 Å². The van der Waals surface area contributed by atoms with Crippen molar-refractivity contribution < 1.29 is 4.74 Å². The number of halogens is 1. The van der Waals surface area contributed by atoms with E-state index in [1.165, 1.54) is 0 Å². The van der Waals surface area contributed by atoms with E-state index in [4.69, 9.17) is 4.74 Å². The number of methoxy groups -OCH3 is 1. The first-order valence-electron chi connectivity index (χ1n) is 4.78. The van der Waals surface area contributed by atoms with Crippen molar-refractivity contribution in [3.63, 3.8) is 0 Å². The monoisotopic (exact) mass is 281 g/mol. The van der Waals surface area contributed by atoms with Gasteiger partial charge in [0.1, 0.15) is 5.75 Å². The molecule has 0 fully saturated rings. The fraction of sp³-hybridized carbons (Fsp3) is 0.182. The second kappa shape index (κ2) is 4.57. The molecule has 1 aromatic heterocycles. The average Bonchev–Trinajstić information content (AvgIpc) is 2.67. The molecular weight excluding hydrogens is 270 g/mol. The number of aryl methyl sites for hydroxylation is 1. The van der Waals surface area contributed by atoms with Gasteiger partial charge in [-0.25, -0.2) is 4.98 Å². The number of ether oxygens (including phenoxy) is 1. The van der Waals surface area contributed by atoms with Gasteiger partial charge < -0.3 is 14.6 Å². The van der Waals surface area contributed by atoms with Crippen LogP contribution in [-0.2, 0) is 7.05 Å². The molecule has 5 heteroatoms. The lowest BCUT2D eigenvalue weighted by atomic mass is 10.3. The zero-order valence-corrected chi connectivity index (χ0v) is 10.7. The van der Waals surface area contributed by atoms with Crippen molar-refractivity contribution in [2.45, 2.75) is 0 Å². The molecule has 2 aromatic rings. The Morgan fingerprint density at radius 1 is 1.44 bits per heavy atom. The standard InChI is InChI=1S/C11H12BrN3O/c1-15-6-5-13-11(15)14-8-3-4-9(12)10(7-8)16-2/h3-7H,1-2H3,(H,13,14). The first-order chi connectivity index (χ1) is 7.70. The lowest BCUT2D eigenvalue weighted by Crippen LogP contribution is -1.98. The summed E-state index contributed by atoms with van der Waals surface area (Å²) in [6.45, 7) is 0. The van der Waals surface area contributed by atoms with Crippen LogP contribution in [0.5, 0.6) is 5.75 Å². The largest absolute Gasteiger partial charge is 0.495 e. The van der Waals surface area contributed by atoms with Gasteiger partial charge in [0.2, 0.25) is 5.95 Å². The Labute approximate surface area is 102 Å². The summed E-state index contributed by atoms with van der Waals surface area (Å²) in [5, 5.41) is 3.21. The molecule has 2 rings (SSSR count). The second-order valence-corrected chi connectivity index (χ2v) is 4.19. The third-order valence-electron chi connectivity index (χ3n) is 2.23. The summed E-state index contributed by atoms with van der Waals surface area (Å²) < 4.78 is 8.06. The van der Waals surface area contributed by atoms with E-state index in [-0.39, 0.29) is 0 Å². The maximum Gasteiger partial charge on any atom is 0.207 e. The van der Waals surface area contributed by atoms with Crippen LogP contribution < -0.4 is 10.1 Å². The number of rotatable bonds is 3. The number of nitrogens with zero attached hydrogens (tertiary/aromatic N) is 2. The molecule has 16 heavy (non-hydrogen) atoms. The minimum Gasteiger partial charge on any atom is -0.495 e. The van der Waals surface area contributed by atoms with Crippen LogP contribution in [0.3, 0.4) is 0 Å². The van der Waals surface area contributed by atoms with Crippen molar-refractivity contribution in [2.24, 2.45) is 7.05 Å². The van der Waals surface area contributed by atoms with Crippen LogP contribution >= 0.6 is 15.9 Å². The molecule has 1 heterocycles. The zero-order valence-electron chi connectivity index (χ0n) is 9.07. The minimum atomic E-state index is 0.791. The number of hydrogen-bond donors (Lipinski definition) is 1. The van der Waals surface area contributed by atoms with Crippen molar-refractivity contribution in [1.82, 2.24) is 9.55 Å². The number of anilines is 2. The number of nitrogens with one attached hydrogen (secondary N) is 1. The Kier molecular flexibility index (Phi) is 3.14. The molecule has 0 aliphatic carbocycles. The third-order valence-corrected chi connectivity index (χ3v) is 2.88. The van der Waals surface area contributed by atoms with E-state index in [2.05, 4.69) is 26.2 Å². The van der Waals surface area contributed by atoms with Crippen LogP contribution in [0.25, 0.3) is 0 Å². The molecule has 0 saturated heterocycles. The Bertz CT molecular complexity index is 496. The van der Waals surface area contributed by atoms with E-state index in [1.807, 2.05) is 36.0 Å². The van der Waals surface area contributed by atoms with E-state index in [9.17, 15) is 0 Å². The highest BCUT2D eigenvalue weighted by molar-refractivity contribution is 9.10. The minimum absolute atomic E-state index is 0.791. The Hall–Kier alpha value is -1.49. The Balaban J connectivity index is 2.25. The van der Waals surface area contributed by atoms with Crippen molar-refractivity contribution in [3.05, 3.63) is 35.1 Å². The van der Waals surface area contributed by atoms with Gasteiger partial charge >= 0.3 is 0 Å². The van der Waals surface area contributed by atoms with Gasteiger partial charge in [-0.15, -0.1) is 0 Å². The fourth-order valence-electron chi connectivity index (χ4n) is 1.35. The van der Waals surface area contributed by atoms with Crippen molar-refractivity contribution in [2.75, 3.05) is 12.4 Å². The van der Waals surface area contributed by atoms with Gasteiger partial charge in [0.25, 0.3) is 0 Å². The van der Waals surface area contributed by atoms with Crippen LogP contribution in [-0.4, -0.2) is 16.7 Å². The normalized spacial score (nSPS) is 10.2. The molecule has 0 unspecified atom stereocenters. The number of aromatic nitrogens is 2. The van der Waals surface area contributed by atoms with Crippen molar-refractivity contribution >= 4 is 27.6 Å². The van der Waals surface area contributed by atoms with Gasteiger partial charge in [0.05, 0.1) is 11.6 Å². The summed E-state index contributed by atoms with van der Waals surface area (Å²) >= 11 is 3.41. The van der Waals surface area contributed by atoms with Crippen LogP contribution in [0, 0.1) is 0 Å². The summed E-state index contributed by atoms with van der Waals surface area (Å²) in [6, 6.07) is 5.81. The third kappa shape index (κ3) is 2.19. The molecular formula is C11H12BrN3O. The highest BCUT2D eigenvalue weighted by Gasteiger charge is 2.03. The summed E-state index contributed by atoms with van der Waals surface area (Å²) in [4.78, 5) is 4.19. The quantitative estimate of drug-likeness (QED) is 0.940. The SMILES string of the molecule is COc1cc(Nc2nccn2C)ccc1Br. The van der Waals surface area contributed by atoms with E-state index in [1.54, 1.807) is 13.3 Å². The first-order valence-corrected chi connectivity index (χ1v) is 5.58. The molecule has 84 valence electrons. The highest BCUT2D eigenvalue weighted by Crippen LogP contribution is 2.28. The predicted molar refractivity (Wildman–Crippen MR) is 67.2 cm³/mol. The lowest BCUT2D eigenvalue weighted by Gasteiger charge is -2.08. The molecule has 0 aliphatic rings. The summed E-state index contributed by atoms with van der Waals surface area (Å²) in [5.74, 6) is 1.59. The van der Waals surface area contributed by atoms with E-state index >= 15 is 0 Å². The lowest BCUT2D eigenvalue weighted by molar-refractivity contribution is 0.412. The van der Waals surface area contributed by atoms with Gasteiger partial charge in [-0.1, -0.05) is 0 Å². The van der Waals surface area contributed by atoms with E-state index in [0.717, 1.165) is 21.9 Å². The van der Waals surface area contributed by atoms with Crippen LogP contribution in [0.2, 0.25) is 0 Å². The topological polar surface area (TPSA) is 39.1 Å². The molecule has 0 aliphatic heterocycles. The van der Waals surface area contributed by atoms with Gasteiger partial charge in [-0.05, 0) is 28.1 Å². The maximum absolute atomic E-state index is 5.22. The van der Waals surface area contributed by atoms with E-state index < -0.39 is 0 Å². The van der Waals surface area contributed by atoms with Gasteiger partial charge in [0.15, 0.2) is 0 Å². The second-order valence-electron chi connectivity index (χ2n) is 3.34. The molecule has 1 aromatic carbocycles. The van der Waals surface area contributed by atoms with Crippen LogP contribution in [0.15, 0.2) is 35.1 Å². The molecule has 4 nitrogen and oxygen atoms in total. The predicted octanol–water partition coefficient (Wildman–Crippen LogP) is 2.93. The molecule has 0 saturated carbocycles. The number of hydrogen-bond acceptors (Lipinski definition) is 3. The summed E-state index contributed by atoms with van der Waals surface area (Å²) in [5.41, 5.74) is 0.939. The highest BCUT2D eigenvalue weighted by atomic mass is 79.9. The average molecular weight is 282 g/mol. The molecule has 1 N–H and O–H groups in total. The van der Waals surface area contributed by atoms with Crippen molar-refractivity contribution in [1.29, 1.82) is 0 Å². The molecule has 0 radical (unpaired) electrons. The maximum atomic E-state index is 5.22.